The molecule has 0 bridgehead atoms. The molecule has 1 fully saturated rings. The summed E-state index contributed by atoms with van der Waals surface area (Å²) in [4.78, 5) is 4.61. The third kappa shape index (κ3) is 7.04. The standard InChI is InChI=1S/C18H30N4O2S/c1-5-19-18(21-17-10-14(17)4)20-11-15-6-8-16(9-7-15)12-25(23,24)22-13(2)3/h6-9,13-14,17,22H,5,10-12H2,1-4H3,(H2,19,20,21). The smallest absolute Gasteiger partial charge is 0.216 e. The van der Waals surface area contributed by atoms with Crippen LogP contribution in [0.5, 0.6) is 0 Å². The molecule has 0 aromatic heterocycles. The van der Waals surface area contributed by atoms with Gasteiger partial charge in [-0.3, -0.25) is 0 Å². The molecular weight excluding hydrogens is 336 g/mol. The van der Waals surface area contributed by atoms with Gasteiger partial charge in [0.05, 0.1) is 12.3 Å². The van der Waals surface area contributed by atoms with E-state index < -0.39 is 10.0 Å². The van der Waals surface area contributed by atoms with Crippen molar-refractivity contribution in [1.29, 1.82) is 0 Å². The topological polar surface area (TPSA) is 82.6 Å². The van der Waals surface area contributed by atoms with E-state index in [-0.39, 0.29) is 11.8 Å². The molecule has 7 heteroatoms. The van der Waals surface area contributed by atoms with Crippen molar-refractivity contribution < 1.29 is 8.42 Å². The highest BCUT2D eigenvalue weighted by Crippen LogP contribution is 2.28. The fourth-order valence-corrected chi connectivity index (χ4v) is 3.98. The van der Waals surface area contributed by atoms with Gasteiger partial charge in [-0.2, -0.15) is 0 Å². The zero-order valence-electron chi connectivity index (χ0n) is 15.5. The quantitative estimate of drug-likeness (QED) is 0.485. The second kappa shape index (κ2) is 8.67. The SMILES string of the molecule is CCNC(=NCc1ccc(CS(=O)(=O)NC(C)C)cc1)NC1CC1C. The van der Waals surface area contributed by atoms with Crippen LogP contribution in [0.15, 0.2) is 29.3 Å². The Morgan fingerprint density at radius 1 is 1.24 bits per heavy atom. The largest absolute Gasteiger partial charge is 0.357 e. The maximum absolute atomic E-state index is 12.0. The summed E-state index contributed by atoms with van der Waals surface area (Å²) in [7, 11) is -3.29. The summed E-state index contributed by atoms with van der Waals surface area (Å²) in [6.07, 6.45) is 1.19. The summed E-state index contributed by atoms with van der Waals surface area (Å²) in [5.41, 5.74) is 1.83. The Labute approximate surface area is 151 Å². The Hall–Kier alpha value is -1.60. The first-order chi connectivity index (χ1) is 11.8. The number of benzene rings is 1. The Kier molecular flexibility index (Phi) is 6.84. The van der Waals surface area contributed by atoms with Crippen LogP contribution >= 0.6 is 0 Å². The number of hydrogen-bond acceptors (Lipinski definition) is 3. The molecule has 2 unspecified atom stereocenters. The number of rotatable bonds is 8. The second-order valence-corrected chi connectivity index (χ2v) is 8.76. The third-order valence-corrected chi connectivity index (χ3v) is 5.53. The first-order valence-electron chi connectivity index (χ1n) is 8.91. The summed E-state index contributed by atoms with van der Waals surface area (Å²) in [5.74, 6) is 1.55. The van der Waals surface area contributed by atoms with Crippen molar-refractivity contribution >= 4 is 16.0 Å². The van der Waals surface area contributed by atoms with Crippen molar-refractivity contribution in [1.82, 2.24) is 15.4 Å². The molecule has 0 aliphatic heterocycles. The molecule has 140 valence electrons. The average molecular weight is 367 g/mol. The molecule has 0 saturated heterocycles. The molecule has 1 aromatic rings. The molecule has 0 amide bonds. The highest BCUT2D eigenvalue weighted by molar-refractivity contribution is 7.88. The van der Waals surface area contributed by atoms with Crippen LogP contribution in [-0.2, 0) is 22.3 Å². The van der Waals surface area contributed by atoms with Crippen molar-refractivity contribution in [3.63, 3.8) is 0 Å². The minimum atomic E-state index is -3.29. The molecule has 6 nitrogen and oxygen atoms in total. The lowest BCUT2D eigenvalue weighted by Crippen LogP contribution is -2.39. The lowest BCUT2D eigenvalue weighted by Gasteiger charge is -2.11. The number of hydrogen-bond donors (Lipinski definition) is 3. The Bertz CT molecular complexity index is 684. The summed E-state index contributed by atoms with van der Waals surface area (Å²) in [6.45, 7) is 9.30. The van der Waals surface area contributed by atoms with E-state index in [2.05, 4.69) is 27.3 Å². The lowest BCUT2D eigenvalue weighted by molar-refractivity contribution is 0.569. The maximum Gasteiger partial charge on any atom is 0.216 e. The molecular formula is C18H30N4O2S. The molecule has 0 spiro atoms. The Morgan fingerprint density at radius 2 is 1.84 bits per heavy atom. The van der Waals surface area contributed by atoms with Crippen LogP contribution in [0.1, 0.15) is 45.2 Å². The van der Waals surface area contributed by atoms with Gasteiger partial charge in [-0.25, -0.2) is 18.1 Å². The molecule has 0 heterocycles. The molecule has 2 rings (SSSR count). The summed E-state index contributed by atoms with van der Waals surface area (Å²) < 4.78 is 26.5. The van der Waals surface area contributed by atoms with Crippen LogP contribution < -0.4 is 15.4 Å². The highest BCUT2D eigenvalue weighted by Gasteiger charge is 2.33. The van der Waals surface area contributed by atoms with Gasteiger partial charge in [-0.1, -0.05) is 31.2 Å². The van der Waals surface area contributed by atoms with E-state index >= 15 is 0 Å². The zero-order chi connectivity index (χ0) is 18.4. The first-order valence-corrected chi connectivity index (χ1v) is 10.6. The van der Waals surface area contributed by atoms with E-state index in [9.17, 15) is 8.42 Å². The van der Waals surface area contributed by atoms with E-state index in [1.165, 1.54) is 6.42 Å². The van der Waals surface area contributed by atoms with Gasteiger partial charge in [0.2, 0.25) is 10.0 Å². The first kappa shape index (κ1) is 19.7. The number of nitrogens with one attached hydrogen (secondary N) is 3. The summed E-state index contributed by atoms with van der Waals surface area (Å²) in [5, 5.41) is 6.68. The van der Waals surface area contributed by atoms with Gasteiger partial charge in [0, 0.05) is 18.6 Å². The second-order valence-electron chi connectivity index (χ2n) is 7.01. The zero-order valence-corrected chi connectivity index (χ0v) is 16.4. The van der Waals surface area contributed by atoms with Crippen LogP contribution in [0, 0.1) is 5.92 Å². The molecule has 1 saturated carbocycles. The van der Waals surface area contributed by atoms with E-state index in [0.717, 1.165) is 23.6 Å². The van der Waals surface area contributed by atoms with Crippen LogP contribution in [0.3, 0.4) is 0 Å². The monoisotopic (exact) mass is 366 g/mol. The van der Waals surface area contributed by atoms with Gasteiger partial charge < -0.3 is 10.6 Å². The van der Waals surface area contributed by atoms with Gasteiger partial charge in [0.25, 0.3) is 0 Å². The van der Waals surface area contributed by atoms with Crippen LogP contribution in [0.25, 0.3) is 0 Å². The minimum Gasteiger partial charge on any atom is -0.357 e. The summed E-state index contributed by atoms with van der Waals surface area (Å²) >= 11 is 0. The van der Waals surface area contributed by atoms with Crippen molar-refractivity contribution in [2.24, 2.45) is 10.9 Å². The van der Waals surface area contributed by atoms with Crippen LogP contribution in [0.4, 0.5) is 0 Å². The van der Waals surface area contributed by atoms with Gasteiger partial charge in [-0.15, -0.1) is 0 Å². The van der Waals surface area contributed by atoms with E-state index in [0.29, 0.717) is 18.5 Å². The predicted molar refractivity (Wildman–Crippen MR) is 103 cm³/mol. The van der Waals surface area contributed by atoms with Crippen molar-refractivity contribution in [2.45, 2.75) is 58.5 Å². The van der Waals surface area contributed by atoms with E-state index in [1.54, 1.807) is 0 Å². The Balaban J connectivity index is 1.93. The van der Waals surface area contributed by atoms with Gasteiger partial charge in [0.15, 0.2) is 5.96 Å². The third-order valence-electron chi connectivity index (χ3n) is 3.99. The van der Waals surface area contributed by atoms with Crippen molar-refractivity contribution in [3.8, 4) is 0 Å². The fraction of sp³-hybridized carbons (Fsp3) is 0.611. The fourth-order valence-electron chi connectivity index (χ4n) is 2.55. The predicted octanol–water partition coefficient (Wildman–Crippen LogP) is 1.98. The van der Waals surface area contributed by atoms with E-state index in [1.807, 2.05) is 45.0 Å². The minimum absolute atomic E-state index is 0.00150. The number of aliphatic imine (C=N–C) groups is 1. The average Bonchev–Trinajstić information content (AvgIpc) is 3.20. The molecule has 0 radical (unpaired) electrons. The molecule has 2 atom stereocenters. The van der Waals surface area contributed by atoms with Crippen molar-refractivity contribution in [2.75, 3.05) is 6.54 Å². The van der Waals surface area contributed by atoms with Gasteiger partial charge in [-0.05, 0) is 44.2 Å². The Morgan fingerprint density at radius 3 is 2.36 bits per heavy atom. The van der Waals surface area contributed by atoms with Crippen molar-refractivity contribution in [3.05, 3.63) is 35.4 Å². The maximum atomic E-state index is 12.0. The number of sulfonamides is 1. The highest BCUT2D eigenvalue weighted by atomic mass is 32.2. The van der Waals surface area contributed by atoms with E-state index in [4.69, 9.17) is 0 Å². The summed E-state index contributed by atoms with van der Waals surface area (Å²) in [6, 6.07) is 8.02. The lowest BCUT2D eigenvalue weighted by atomic mass is 10.1. The molecule has 25 heavy (non-hydrogen) atoms. The molecule has 1 aliphatic carbocycles. The molecule has 1 aromatic carbocycles. The molecule has 1 aliphatic rings. The van der Waals surface area contributed by atoms with Gasteiger partial charge in [0.1, 0.15) is 0 Å². The van der Waals surface area contributed by atoms with Crippen LogP contribution in [-0.4, -0.2) is 33.0 Å². The van der Waals surface area contributed by atoms with Crippen LogP contribution in [0.2, 0.25) is 0 Å². The molecule has 3 N–H and O–H groups in total. The number of guanidine groups is 1. The normalized spacial score (nSPS) is 20.6. The van der Waals surface area contributed by atoms with Gasteiger partial charge >= 0.3 is 0 Å². The number of nitrogens with zero attached hydrogens (tertiary/aromatic N) is 1.